The molecule has 1 aromatic carbocycles. The van der Waals surface area contributed by atoms with Crippen LogP contribution in [0.5, 0.6) is 0 Å². The second-order valence-corrected chi connectivity index (χ2v) is 6.23. The Balaban J connectivity index is 2.51. The molecular formula is C15H18BrFN2O2. The summed E-state index contributed by atoms with van der Waals surface area (Å²) >= 11 is 3.12. The summed E-state index contributed by atoms with van der Waals surface area (Å²) < 4.78 is 13.7. The lowest BCUT2D eigenvalue weighted by atomic mass is 9.90. The Morgan fingerprint density at radius 3 is 2.57 bits per heavy atom. The van der Waals surface area contributed by atoms with Crippen molar-refractivity contribution in [3.63, 3.8) is 0 Å². The number of piperazine rings is 1. The highest BCUT2D eigenvalue weighted by Crippen LogP contribution is 2.31. The van der Waals surface area contributed by atoms with E-state index < -0.39 is 17.4 Å². The van der Waals surface area contributed by atoms with Gasteiger partial charge in [-0.15, -0.1) is 0 Å². The molecule has 2 rings (SSSR count). The van der Waals surface area contributed by atoms with Gasteiger partial charge in [0.2, 0.25) is 5.91 Å². The smallest absolute Gasteiger partial charge is 0.253 e. The van der Waals surface area contributed by atoms with Crippen molar-refractivity contribution >= 4 is 33.4 Å². The molecule has 0 saturated carbocycles. The number of hydrogen-bond donors (Lipinski definition) is 1. The Labute approximate surface area is 131 Å². The van der Waals surface area contributed by atoms with Gasteiger partial charge in [0.15, 0.2) is 0 Å². The molecule has 1 N–H and O–H groups in total. The molecule has 2 atom stereocenters. The molecule has 1 saturated heterocycles. The highest BCUT2D eigenvalue weighted by Gasteiger charge is 2.47. The van der Waals surface area contributed by atoms with Crippen LogP contribution in [0.15, 0.2) is 22.7 Å². The van der Waals surface area contributed by atoms with E-state index in [1.807, 2.05) is 13.8 Å². The monoisotopic (exact) mass is 356 g/mol. The number of nitrogens with zero attached hydrogens (tertiary/aromatic N) is 1. The lowest BCUT2D eigenvalue weighted by Crippen LogP contribution is -2.69. The maximum atomic E-state index is 13.4. The molecule has 4 nitrogen and oxygen atoms in total. The molecule has 1 aromatic rings. The van der Waals surface area contributed by atoms with Crippen LogP contribution in [0.3, 0.4) is 0 Å². The second-order valence-electron chi connectivity index (χ2n) is 5.37. The van der Waals surface area contributed by atoms with Crippen LogP contribution in [0.4, 0.5) is 10.1 Å². The van der Waals surface area contributed by atoms with Crippen LogP contribution in [0.25, 0.3) is 0 Å². The minimum absolute atomic E-state index is 0.171. The van der Waals surface area contributed by atoms with Crippen molar-refractivity contribution in [2.24, 2.45) is 0 Å². The van der Waals surface area contributed by atoms with Crippen molar-refractivity contribution in [3.05, 3.63) is 28.5 Å². The summed E-state index contributed by atoms with van der Waals surface area (Å²) in [4.78, 5) is 26.6. The Morgan fingerprint density at radius 2 is 2.05 bits per heavy atom. The summed E-state index contributed by atoms with van der Waals surface area (Å²) in [5.41, 5.74) is -0.404. The Hall–Kier alpha value is -1.43. The van der Waals surface area contributed by atoms with Crippen LogP contribution in [0, 0.1) is 5.82 Å². The predicted molar refractivity (Wildman–Crippen MR) is 82.5 cm³/mol. The lowest BCUT2D eigenvalue weighted by molar-refractivity contribution is -0.138. The van der Waals surface area contributed by atoms with Gasteiger partial charge in [0.05, 0.1) is 4.47 Å². The first-order valence-electron chi connectivity index (χ1n) is 6.94. The molecular weight excluding hydrogens is 339 g/mol. The second kappa shape index (κ2) is 5.75. The number of carbonyl (C=O) groups is 2. The average Bonchev–Trinajstić information content (AvgIpc) is 2.45. The van der Waals surface area contributed by atoms with E-state index in [-0.39, 0.29) is 16.3 Å². The van der Waals surface area contributed by atoms with Crippen LogP contribution in [0.2, 0.25) is 0 Å². The molecule has 114 valence electrons. The zero-order chi connectivity index (χ0) is 15.8. The van der Waals surface area contributed by atoms with Crippen molar-refractivity contribution in [1.82, 2.24) is 5.32 Å². The molecule has 6 heteroatoms. The summed E-state index contributed by atoms with van der Waals surface area (Å²) in [6.45, 7) is 5.41. The largest absolute Gasteiger partial charge is 0.340 e. The standard InChI is InChI=1S/C15H18BrFN2O2/c1-4-12-13(20)18-15(3,5-2)14(21)19(12)9-6-7-11(17)10(16)8-9/h6-8,12H,4-5H2,1-3H3,(H,18,20). The molecule has 2 unspecified atom stereocenters. The molecule has 1 aliphatic heterocycles. The first-order chi connectivity index (χ1) is 9.84. The Morgan fingerprint density at radius 1 is 1.38 bits per heavy atom. The van der Waals surface area contributed by atoms with Gasteiger partial charge in [0.25, 0.3) is 5.91 Å². The van der Waals surface area contributed by atoms with Crippen molar-refractivity contribution in [2.75, 3.05) is 4.90 Å². The van der Waals surface area contributed by atoms with Crippen LogP contribution >= 0.6 is 15.9 Å². The fourth-order valence-corrected chi connectivity index (χ4v) is 2.84. The van der Waals surface area contributed by atoms with Gasteiger partial charge < -0.3 is 5.32 Å². The Bertz CT molecular complexity index is 593. The third kappa shape index (κ3) is 2.69. The minimum atomic E-state index is -0.927. The van der Waals surface area contributed by atoms with E-state index in [4.69, 9.17) is 0 Å². The minimum Gasteiger partial charge on any atom is -0.340 e. The number of carbonyl (C=O) groups excluding carboxylic acids is 2. The summed E-state index contributed by atoms with van der Waals surface area (Å²) in [7, 11) is 0. The molecule has 0 aliphatic carbocycles. The maximum absolute atomic E-state index is 13.4. The highest BCUT2D eigenvalue weighted by atomic mass is 79.9. The van der Waals surface area contributed by atoms with Gasteiger partial charge in [-0.25, -0.2) is 4.39 Å². The van der Waals surface area contributed by atoms with E-state index in [9.17, 15) is 14.0 Å². The van der Waals surface area contributed by atoms with Crippen molar-refractivity contribution in [2.45, 2.75) is 45.2 Å². The summed E-state index contributed by atoms with van der Waals surface area (Å²) in [5.74, 6) is -0.754. The van der Waals surface area contributed by atoms with Gasteiger partial charge in [0.1, 0.15) is 17.4 Å². The third-order valence-corrected chi connectivity index (χ3v) is 4.59. The van der Waals surface area contributed by atoms with Crippen molar-refractivity contribution in [3.8, 4) is 0 Å². The van der Waals surface area contributed by atoms with E-state index in [0.717, 1.165) is 0 Å². The van der Waals surface area contributed by atoms with Gasteiger partial charge in [-0.3, -0.25) is 14.5 Å². The summed E-state index contributed by atoms with van der Waals surface area (Å²) in [6.07, 6.45) is 0.985. The number of hydrogen-bond acceptors (Lipinski definition) is 2. The maximum Gasteiger partial charge on any atom is 0.253 e. The van der Waals surface area contributed by atoms with E-state index in [1.165, 1.54) is 23.1 Å². The van der Waals surface area contributed by atoms with Gasteiger partial charge in [-0.1, -0.05) is 13.8 Å². The highest BCUT2D eigenvalue weighted by molar-refractivity contribution is 9.10. The van der Waals surface area contributed by atoms with Crippen LogP contribution in [0.1, 0.15) is 33.6 Å². The number of nitrogens with one attached hydrogen (secondary N) is 1. The van der Waals surface area contributed by atoms with E-state index >= 15 is 0 Å². The zero-order valence-corrected chi connectivity index (χ0v) is 13.8. The predicted octanol–water partition coefficient (Wildman–Crippen LogP) is 3.00. The molecule has 2 amide bonds. The third-order valence-electron chi connectivity index (χ3n) is 3.98. The van der Waals surface area contributed by atoms with Crippen molar-refractivity contribution in [1.29, 1.82) is 0 Å². The number of amides is 2. The van der Waals surface area contributed by atoms with Crippen LogP contribution < -0.4 is 10.2 Å². The first-order valence-corrected chi connectivity index (χ1v) is 7.74. The molecule has 21 heavy (non-hydrogen) atoms. The number of halogens is 2. The fraction of sp³-hybridized carbons (Fsp3) is 0.467. The average molecular weight is 357 g/mol. The van der Waals surface area contributed by atoms with Crippen molar-refractivity contribution < 1.29 is 14.0 Å². The van der Waals surface area contributed by atoms with Gasteiger partial charge in [-0.05, 0) is 53.9 Å². The first kappa shape index (κ1) is 15.9. The summed E-state index contributed by atoms with van der Waals surface area (Å²) in [5, 5.41) is 2.80. The quantitative estimate of drug-likeness (QED) is 0.904. The zero-order valence-electron chi connectivity index (χ0n) is 12.2. The van der Waals surface area contributed by atoms with E-state index in [2.05, 4.69) is 21.2 Å². The van der Waals surface area contributed by atoms with Gasteiger partial charge in [0, 0.05) is 5.69 Å². The number of rotatable bonds is 3. The molecule has 0 bridgehead atoms. The van der Waals surface area contributed by atoms with E-state index in [0.29, 0.717) is 18.5 Å². The number of anilines is 1. The molecule has 1 fully saturated rings. The lowest BCUT2D eigenvalue weighted by Gasteiger charge is -2.44. The molecule has 1 heterocycles. The van der Waals surface area contributed by atoms with E-state index in [1.54, 1.807) is 6.92 Å². The fourth-order valence-electron chi connectivity index (χ4n) is 2.47. The summed E-state index contributed by atoms with van der Waals surface area (Å²) in [6, 6.07) is 3.77. The Kier molecular flexibility index (Phi) is 4.37. The molecule has 0 aromatic heterocycles. The topological polar surface area (TPSA) is 49.4 Å². The molecule has 0 spiro atoms. The van der Waals surface area contributed by atoms with Crippen LogP contribution in [-0.2, 0) is 9.59 Å². The SMILES string of the molecule is CCC1C(=O)NC(C)(CC)C(=O)N1c1ccc(F)c(Br)c1. The molecule has 1 aliphatic rings. The molecule has 0 radical (unpaired) electrons. The normalized spacial score (nSPS) is 26.0. The van der Waals surface area contributed by atoms with Crippen LogP contribution in [-0.4, -0.2) is 23.4 Å². The van der Waals surface area contributed by atoms with Gasteiger partial charge >= 0.3 is 0 Å². The number of benzene rings is 1. The van der Waals surface area contributed by atoms with Gasteiger partial charge in [-0.2, -0.15) is 0 Å².